The van der Waals surface area contributed by atoms with Crippen LogP contribution < -0.4 is 10.2 Å². The Bertz CT molecular complexity index is 669. The molecule has 0 saturated carbocycles. The first kappa shape index (κ1) is 19.6. The minimum atomic E-state index is -0.284. The molecule has 138 valence electrons. The lowest BCUT2D eigenvalue weighted by molar-refractivity contribution is 0.0955. The van der Waals surface area contributed by atoms with E-state index in [2.05, 4.69) is 22.4 Å². The van der Waals surface area contributed by atoms with Gasteiger partial charge in [-0.3, -0.25) is 9.78 Å². The molecule has 5 nitrogen and oxygen atoms in total. The van der Waals surface area contributed by atoms with Crippen LogP contribution in [0.3, 0.4) is 0 Å². The van der Waals surface area contributed by atoms with Crippen LogP contribution in [0.25, 0.3) is 0 Å². The van der Waals surface area contributed by atoms with E-state index in [4.69, 9.17) is 4.74 Å². The van der Waals surface area contributed by atoms with Crippen molar-refractivity contribution in [3.8, 4) is 5.75 Å². The summed E-state index contributed by atoms with van der Waals surface area (Å²) >= 11 is 0. The number of amides is 1. The summed E-state index contributed by atoms with van der Waals surface area (Å²) in [7, 11) is 0. The maximum Gasteiger partial charge on any atom is 0.272 e. The summed E-state index contributed by atoms with van der Waals surface area (Å²) < 4.78 is 5.75. The molecule has 1 heterocycles. The molecular formula is C21H27N3O2. The first-order valence-corrected chi connectivity index (χ1v) is 9.26. The lowest BCUT2D eigenvalue weighted by atomic mass is 10.1. The maximum absolute atomic E-state index is 11.8. The maximum atomic E-state index is 11.8. The van der Waals surface area contributed by atoms with E-state index in [1.165, 1.54) is 38.3 Å². The van der Waals surface area contributed by atoms with Crippen LogP contribution in [0, 0.1) is 0 Å². The number of unbranched alkanes of at least 4 members (excludes halogenated alkanes) is 5. The summed E-state index contributed by atoms with van der Waals surface area (Å²) in [6.45, 7) is 2.98. The number of hydrogen-bond acceptors (Lipinski definition) is 4. The van der Waals surface area contributed by atoms with E-state index < -0.39 is 0 Å². The highest BCUT2D eigenvalue weighted by atomic mass is 16.5. The van der Waals surface area contributed by atoms with E-state index in [9.17, 15) is 4.79 Å². The largest absolute Gasteiger partial charge is 0.494 e. The summed E-state index contributed by atoms with van der Waals surface area (Å²) in [6, 6.07) is 11.1. The number of carbonyl (C=O) groups excluding carboxylic acids is 1. The molecule has 1 amide bonds. The monoisotopic (exact) mass is 353 g/mol. The zero-order valence-electron chi connectivity index (χ0n) is 15.4. The van der Waals surface area contributed by atoms with Crippen LogP contribution >= 0.6 is 0 Å². The molecule has 5 heteroatoms. The van der Waals surface area contributed by atoms with Crippen molar-refractivity contribution in [3.05, 3.63) is 59.9 Å². The quantitative estimate of drug-likeness (QED) is 0.365. The molecule has 1 aromatic carbocycles. The molecule has 0 radical (unpaired) electrons. The molecule has 0 aliphatic rings. The Morgan fingerprint density at radius 2 is 1.88 bits per heavy atom. The summed E-state index contributed by atoms with van der Waals surface area (Å²) in [6.07, 6.45) is 12.3. The lowest BCUT2D eigenvalue weighted by Crippen LogP contribution is -2.17. The normalized spacial score (nSPS) is 10.8. The van der Waals surface area contributed by atoms with Crippen molar-refractivity contribution in [2.45, 2.75) is 45.4 Å². The van der Waals surface area contributed by atoms with E-state index in [-0.39, 0.29) is 5.91 Å². The average Bonchev–Trinajstić information content (AvgIpc) is 2.69. The fourth-order valence-corrected chi connectivity index (χ4v) is 2.45. The summed E-state index contributed by atoms with van der Waals surface area (Å²) in [5, 5.41) is 3.97. The van der Waals surface area contributed by atoms with Crippen molar-refractivity contribution in [1.82, 2.24) is 10.4 Å². The Morgan fingerprint density at radius 1 is 1.12 bits per heavy atom. The summed E-state index contributed by atoms with van der Waals surface area (Å²) in [5.41, 5.74) is 3.85. The highest BCUT2D eigenvalue weighted by molar-refractivity contribution is 5.94. The molecule has 0 saturated heterocycles. The van der Waals surface area contributed by atoms with Crippen LogP contribution in [-0.4, -0.2) is 23.7 Å². The predicted octanol–water partition coefficient (Wildman–Crippen LogP) is 4.58. The molecule has 0 spiro atoms. The number of nitrogens with zero attached hydrogens (tertiary/aromatic N) is 2. The average molecular weight is 353 g/mol. The number of hydrazone groups is 1. The SMILES string of the molecule is CCCCCCCCOc1ccc(/C=N\NC(=O)c2cccnc2)cc1. The molecule has 0 bridgehead atoms. The molecule has 26 heavy (non-hydrogen) atoms. The zero-order chi connectivity index (χ0) is 18.5. The third-order valence-corrected chi connectivity index (χ3v) is 3.95. The molecule has 0 aliphatic carbocycles. The third-order valence-electron chi connectivity index (χ3n) is 3.95. The smallest absolute Gasteiger partial charge is 0.272 e. The number of pyridine rings is 1. The van der Waals surface area contributed by atoms with Gasteiger partial charge in [0.25, 0.3) is 5.91 Å². The van der Waals surface area contributed by atoms with Crippen LogP contribution in [0.4, 0.5) is 0 Å². The fraction of sp³-hybridized carbons (Fsp3) is 0.381. The van der Waals surface area contributed by atoms with Gasteiger partial charge in [0, 0.05) is 12.4 Å². The Kier molecular flexibility index (Phi) is 8.90. The van der Waals surface area contributed by atoms with E-state index in [0.717, 1.165) is 24.3 Å². The van der Waals surface area contributed by atoms with E-state index in [1.807, 2.05) is 24.3 Å². The summed E-state index contributed by atoms with van der Waals surface area (Å²) in [4.78, 5) is 15.7. The van der Waals surface area contributed by atoms with Crippen LogP contribution in [0.15, 0.2) is 53.9 Å². The van der Waals surface area contributed by atoms with Gasteiger partial charge in [-0.1, -0.05) is 39.0 Å². The number of rotatable bonds is 11. The Hall–Kier alpha value is -2.69. The van der Waals surface area contributed by atoms with E-state index in [1.54, 1.807) is 24.5 Å². The van der Waals surface area contributed by atoms with Gasteiger partial charge in [-0.15, -0.1) is 0 Å². The van der Waals surface area contributed by atoms with Crippen LogP contribution in [0.2, 0.25) is 0 Å². The van der Waals surface area contributed by atoms with Crippen LogP contribution in [-0.2, 0) is 0 Å². The van der Waals surface area contributed by atoms with Crippen LogP contribution in [0.1, 0.15) is 61.4 Å². The van der Waals surface area contributed by atoms with E-state index in [0.29, 0.717) is 5.56 Å². The minimum absolute atomic E-state index is 0.284. The van der Waals surface area contributed by atoms with Gasteiger partial charge in [-0.25, -0.2) is 5.43 Å². The number of carbonyl (C=O) groups is 1. The first-order valence-electron chi connectivity index (χ1n) is 9.26. The standard InChI is InChI=1S/C21H27N3O2/c1-2-3-4-5-6-7-15-26-20-12-10-18(11-13-20)16-23-24-21(25)19-9-8-14-22-17-19/h8-14,16-17H,2-7,15H2,1H3,(H,24,25)/b23-16-. The molecule has 1 N–H and O–H groups in total. The van der Waals surface area contributed by atoms with Crippen molar-refractivity contribution in [1.29, 1.82) is 0 Å². The van der Waals surface area contributed by atoms with Crippen molar-refractivity contribution in [3.63, 3.8) is 0 Å². The van der Waals surface area contributed by atoms with Crippen LogP contribution in [0.5, 0.6) is 5.75 Å². The number of ether oxygens (including phenoxy) is 1. The fourth-order valence-electron chi connectivity index (χ4n) is 2.45. The second-order valence-corrected chi connectivity index (χ2v) is 6.13. The van der Waals surface area contributed by atoms with Gasteiger partial charge in [-0.2, -0.15) is 5.10 Å². The third kappa shape index (κ3) is 7.47. The molecular weight excluding hydrogens is 326 g/mol. The number of benzene rings is 1. The van der Waals surface area contributed by atoms with Gasteiger partial charge in [0.1, 0.15) is 5.75 Å². The number of aromatic nitrogens is 1. The van der Waals surface area contributed by atoms with Gasteiger partial charge < -0.3 is 4.74 Å². The van der Waals surface area contributed by atoms with Crippen molar-refractivity contribution >= 4 is 12.1 Å². The Morgan fingerprint density at radius 3 is 2.62 bits per heavy atom. The topological polar surface area (TPSA) is 63.6 Å². The van der Waals surface area contributed by atoms with Gasteiger partial charge in [0.2, 0.25) is 0 Å². The molecule has 1 aromatic heterocycles. The minimum Gasteiger partial charge on any atom is -0.494 e. The number of hydrogen-bond donors (Lipinski definition) is 1. The Labute approximate surface area is 155 Å². The number of nitrogens with one attached hydrogen (secondary N) is 1. The highest BCUT2D eigenvalue weighted by Gasteiger charge is 2.02. The lowest BCUT2D eigenvalue weighted by Gasteiger charge is -2.06. The molecule has 0 aliphatic heterocycles. The summed E-state index contributed by atoms with van der Waals surface area (Å²) in [5.74, 6) is 0.573. The molecule has 0 fully saturated rings. The molecule has 2 aromatic rings. The van der Waals surface area contributed by atoms with Gasteiger partial charge in [0.05, 0.1) is 18.4 Å². The second-order valence-electron chi connectivity index (χ2n) is 6.13. The molecule has 0 atom stereocenters. The van der Waals surface area contributed by atoms with Gasteiger partial charge in [0.15, 0.2) is 0 Å². The van der Waals surface area contributed by atoms with Crippen molar-refractivity contribution in [2.24, 2.45) is 5.10 Å². The first-order chi connectivity index (χ1) is 12.8. The van der Waals surface area contributed by atoms with Gasteiger partial charge >= 0.3 is 0 Å². The van der Waals surface area contributed by atoms with Gasteiger partial charge in [-0.05, 0) is 48.4 Å². The van der Waals surface area contributed by atoms with E-state index >= 15 is 0 Å². The second kappa shape index (κ2) is 11.8. The predicted molar refractivity (Wildman–Crippen MR) is 105 cm³/mol. The van der Waals surface area contributed by atoms with Crippen molar-refractivity contribution < 1.29 is 9.53 Å². The zero-order valence-corrected chi connectivity index (χ0v) is 15.4. The highest BCUT2D eigenvalue weighted by Crippen LogP contribution is 2.12. The molecule has 2 rings (SSSR count). The molecule has 0 unspecified atom stereocenters. The van der Waals surface area contributed by atoms with Crippen molar-refractivity contribution in [2.75, 3.05) is 6.61 Å². The Balaban J connectivity index is 1.67.